The van der Waals surface area contributed by atoms with Crippen LogP contribution in [0.5, 0.6) is 0 Å². The Labute approximate surface area is 105 Å². The molecule has 2 heterocycles. The standard InChI is InChI=1S/C9H9BrClN3S/c1-14-7(3-12)13-8(9(14)11)6-2-5(10)4-15-6/h2,4H,3,12H2,1H3. The predicted molar refractivity (Wildman–Crippen MR) is 67.1 cm³/mol. The molecule has 0 spiro atoms. The van der Waals surface area contributed by atoms with Gasteiger partial charge in [0.25, 0.3) is 0 Å². The van der Waals surface area contributed by atoms with Gasteiger partial charge in [0.15, 0.2) is 0 Å². The number of nitrogens with zero attached hydrogens (tertiary/aromatic N) is 2. The molecule has 0 aliphatic carbocycles. The van der Waals surface area contributed by atoms with Crippen molar-refractivity contribution < 1.29 is 0 Å². The zero-order valence-corrected chi connectivity index (χ0v) is 11.2. The van der Waals surface area contributed by atoms with Gasteiger partial charge in [0.05, 0.1) is 11.4 Å². The molecule has 2 rings (SSSR count). The fourth-order valence-corrected chi connectivity index (χ4v) is 3.01. The highest BCUT2D eigenvalue weighted by molar-refractivity contribution is 9.10. The van der Waals surface area contributed by atoms with E-state index >= 15 is 0 Å². The molecule has 80 valence electrons. The van der Waals surface area contributed by atoms with E-state index in [0.29, 0.717) is 11.7 Å². The molecule has 0 radical (unpaired) electrons. The predicted octanol–water partition coefficient (Wildman–Crippen LogP) is 3.02. The molecule has 0 fully saturated rings. The Morgan fingerprint density at radius 1 is 1.67 bits per heavy atom. The normalized spacial score (nSPS) is 10.9. The van der Waals surface area contributed by atoms with Crippen LogP contribution in [0.15, 0.2) is 15.9 Å². The van der Waals surface area contributed by atoms with Crippen LogP contribution in [-0.4, -0.2) is 9.55 Å². The van der Waals surface area contributed by atoms with Crippen LogP contribution in [-0.2, 0) is 13.6 Å². The van der Waals surface area contributed by atoms with Gasteiger partial charge in [-0.3, -0.25) is 0 Å². The minimum atomic E-state index is 0.392. The van der Waals surface area contributed by atoms with Crippen LogP contribution in [0.3, 0.4) is 0 Å². The molecule has 6 heteroatoms. The SMILES string of the molecule is Cn1c(CN)nc(-c2cc(Br)cs2)c1Cl. The molecule has 0 aromatic carbocycles. The first-order chi connectivity index (χ1) is 7.13. The van der Waals surface area contributed by atoms with Crippen molar-refractivity contribution in [3.63, 3.8) is 0 Å². The van der Waals surface area contributed by atoms with Crippen molar-refractivity contribution in [2.45, 2.75) is 6.54 Å². The van der Waals surface area contributed by atoms with E-state index in [9.17, 15) is 0 Å². The molecule has 0 aliphatic rings. The monoisotopic (exact) mass is 305 g/mol. The van der Waals surface area contributed by atoms with Crippen molar-refractivity contribution in [1.82, 2.24) is 9.55 Å². The van der Waals surface area contributed by atoms with Crippen LogP contribution in [0, 0.1) is 0 Å². The summed E-state index contributed by atoms with van der Waals surface area (Å²) >= 11 is 11.2. The molecule has 2 aromatic heterocycles. The highest BCUT2D eigenvalue weighted by Crippen LogP contribution is 2.33. The number of thiophene rings is 1. The minimum Gasteiger partial charge on any atom is -0.324 e. The summed E-state index contributed by atoms with van der Waals surface area (Å²) < 4.78 is 2.85. The van der Waals surface area contributed by atoms with Gasteiger partial charge < -0.3 is 10.3 Å². The smallest absolute Gasteiger partial charge is 0.137 e. The molecule has 0 amide bonds. The average Bonchev–Trinajstić information content (AvgIpc) is 2.74. The van der Waals surface area contributed by atoms with Gasteiger partial charge in [-0.25, -0.2) is 4.98 Å². The van der Waals surface area contributed by atoms with Crippen LogP contribution in [0.25, 0.3) is 10.6 Å². The third-order valence-corrected chi connectivity index (χ3v) is 4.23. The van der Waals surface area contributed by atoms with Crippen molar-refractivity contribution >= 4 is 38.9 Å². The number of nitrogens with two attached hydrogens (primary N) is 1. The lowest BCUT2D eigenvalue weighted by Gasteiger charge is -1.96. The molecular formula is C9H9BrClN3S. The number of hydrogen-bond donors (Lipinski definition) is 1. The molecule has 0 aliphatic heterocycles. The quantitative estimate of drug-likeness (QED) is 0.927. The van der Waals surface area contributed by atoms with Crippen molar-refractivity contribution in [1.29, 1.82) is 0 Å². The Bertz CT molecular complexity index is 492. The third-order valence-electron chi connectivity index (χ3n) is 2.10. The summed E-state index contributed by atoms with van der Waals surface area (Å²) in [6, 6.07) is 2.00. The molecule has 3 nitrogen and oxygen atoms in total. The lowest BCUT2D eigenvalue weighted by Crippen LogP contribution is -2.04. The Hall–Kier alpha value is -0.360. The van der Waals surface area contributed by atoms with Crippen molar-refractivity contribution in [3.8, 4) is 10.6 Å². The van der Waals surface area contributed by atoms with E-state index < -0.39 is 0 Å². The van der Waals surface area contributed by atoms with E-state index in [1.165, 1.54) is 0 Å². The van der Waals surface area contributed by atoms with Gasteiger partial charge in [0, 0.05) is 16.9 Å². The van der Waals surface area contributed by atoms with E-state index in [1.807, 2.05) is 23.1 Å². The molecule has 0 unspecified atom stereocenters. The van der Waals surface area contributed by atoms with Gasteiger partial charge >= 0.3 is 0 Å². The van der Waals surface area contributed by atoms with Gasteiger partial charge in [-0.15, -0.1) is 11.3 Å². The van der Waals surface area contributed by atoms with Crippen molar-refractivity contribution in [2.24, 2.45) is 12.8 Å². The van der Waals surface area contributed by atoms with E-state index in [0.717, 1.165) is 20.9 Å². The van der Waals surface area contributed by atoms with E-state index in [1.54, 1.807) is 11.3 Å². The van der Waals surface area contributed by atoms with Crippen molar-refractivity contribution in [3.05, 3.63) is 26.9 Å². The molecule has 2 aromatic rings. The number of imidazole rings is 1. The maximum absolute atomic E-state index is 6.17. The first-order valence-corrected chi connectivity index (χ1v) is 6.34. The Morgan fingerprint density at radius 2 is 2.40 bits per heavy atom. The Balaban J connectivity index is 2.53. The maximum atomic E-state index is 6.17. The third kappa shape index (κ3) is 1.97. The van der Waals surface area contributed by atoms with Gasteiger partial charge in [-0.2, -0.15) is 0 Å². The summed E-state index contributed by atoms with van der Waals surface area (Å²) in [7, 11) is 1.86. The number of halogens is 2. The summed E-state index contributed by atoms with van der Waals surface area (Å²) in [5.74, 6) is 0.791. The second-order valence-electron chi connectivity index (χ2n) is 3.06. The van der Waals surface area contributed by atoms with Crippen LogP contribution >= 0.6 is 38.9 Å². The highest BCUT2D eigenvalue weighted by Gasteiger charge is 2.14. The Morgan fingerprint density at radius 3 is 2.87 bits per heavy atom. The lowest BCUT2D eigenvalue weighted by molar-refractivity contribution is 0.794. The fourth-order valence-electron chi connectivity index (χ4n) is 1.30. The molecular weight excluding hydrogens is 298 g/mol. The summed E-state index contributed by atoms with van der Waals surface area (Å²) in [5, 5.41) is 2.63. The summed E-state index contributed by atoms with van der Waals surface area (Å²) in [5.41, 5.74) is 6.37. The zero-order valence-electron chi connectivity index (χ0n) is 8.00. The summed E-state index contributed by atoms with van der Waals surface area (Å²) in [4.78, 5) is 5.45. The van der Waals surface area contributed by atoms with E-state index in [-0.39, 0.29) is 0 Å². The van der Waals surface area contributed by atoms with Gasteiger partial charge in [-0.1, -0.05) is 11.6 Å². The van der Waals surface area contributed by atoms with Crippen LogP contribution < -0.4 is 5.73 Å². The maximum Gasteiger partial charge on any atom is 0.137 e. The molecule has 0 saturated carbocycles. The lowest BCUT2D eigenvalue weighted by atomic mass is 10.4. The van der Waals surface area contributed by atoms with Crippen LogP contribution in [0.2, 0.25) is 5.15 Å². The van der Waals surface area contributed by atoms with Crippen LogP contribution in [0.4, 0.5) is 0 Å². The second kappa shape index (κ2) is 4.25. The molecule has 0 bridgehead atoms. The van der Waals surface area contributed by atoms with E-state index in [4.69, 9.17) is 17.3 Å². The highest BCUT2D eigenvalue weighted by atomic mass is 79.9. The molecule has 2 N–H and O–H groups in total. The molecule has 0 atom stereocenters. The van der Waals surface area contributed by atoms with Gasteiger partial charge in [0.2, 0.25) is 0 Å². The summed E-state index contributed by atoms with van der Waals surface area (Å²) in [6.45, 7) is 0.392. The molecule has 15 heavy (non-hydrogen) atoms. The largest absolute Gasteiger partial charge is 0.324 e. The van der Waals surface area contributed by atoms with E-state index in [2.05, 4.69) is 20.9 Å². The second-order valence-corrected chi connectivity index (χ2v) is 5.24. The van der Waals surface area contributed by atoms with Gasteiger partial charge in [0.1, 0.15) is 16.7 Å². The van der Waals surface area contributed by atoms with Gasteiger partial charge in [-0.05, 0) is 22.0 Å². The number of rotatable bonds is 2. The number of hydrogen-bond acceptors (Lipinski definition) is 3. The Kier molecular flexibility index (Phi) is 3.16. The van der Waals surface area contributed by atoms with Crippen molar-refractivity contribution in [2.75, 3.05) is 0 Å². The topological polar surface area (TPSA) is 43.8 Å². The zero-order chi connectivity index (χ0) is 11.0. The minimum absolute atomic E-state index is 0.392. The molecule has 0 saturated heterocycles. The fraction of sp³-hybridized carbons (Fsp3) is 0.222. The number of aromatic nitrogens is 2. The first-order valence-electron chi connectivity index (χ1n) is 4.29. The average molecular weight is 307 g/mol. The van der Waals surface area contributed by atoms with Crippen LogP contribution in [0.1, 0.15) is 5.82 Å². The summed E-state index contributed by atoms with van der Waals surface area (Å²) in [6.07, 6.45) is 0. The first kappa shape index (κ1) is 11.1.